The Labute approximate surface area is 176 Å². The summed E-state index contributed by atoms with van der Waals surface area (Å²) < 4.78 is 33.3. The van der Waals surface area contributed by atoms with Crippen LogP contribution in [0, 0.1) is 0 Å². The van der Waals surface area contributed by atoms with Crippen molar-refractivity contribution in [3.05, 3.63) is 90.3 Å². The van der Waals surface area contributed by atoms with E-state index >= 15 is 0 Å². The number of pyridine rings is 1. The first kappa shape index (κ1) is 21.5. The number of carbonyl (C=O) groups excluding carboxylic acids is 1. The Bertz CT molecular complexity index is 1060. The zero-order valence-electron chi connectivity index (χ0n) is 16.5. The van der Waals surface area contributed by atoms with Gasteiger partial charge in [-0.05, 0) is 48.4 Å². The Morgan fingerprint density at radius 2 is 1.77 bits per heavy atom. The van der Waals surface area contributed by atoms with Gasteiger partial charge < -0.3 is 10.1 Å². The summed E-state index contributed by atoms with van der Waals surface area (Å²) in [6.07, 6.45) is 3.34. The topological polar surface area (TPSA) is 97.4 Å². The van der Waals surface area contributed by atoms with Crippen LogP contribution < -0.4 is 14.8 Å². The van der Waals surface area contributed by atoms with Crippen LogP contribution in [0.2, 0.25) is 0 Å². The van der Waals surface area contributed by atoms with Gasteiger partial charge in [-0.15, -0.1) is 0 Å². The van der Waals surface area contributed by atoms with Crippen LogP contribution in [-0.2, 0) is 21.4 Å². The lowest BCUT2D eigenvalue weighted by atomic mass is 10.1. The monoisotopic (exact) mass is 425 g/mol. The van der Waals surface area contributed by atoms with Gasteiger partial charge in [0.15, 0.2) is 6.61 Å². The third-order valence-corrected chi connectivity index (χ3v) is 5.90. The van der Waals surface area contributed by atoms with Gasteiger partial charge in [0.05, 0.1) is 4.90 Å². The lowest BCUT2D eigenvalue weighted by Gasteiger charge is -2.15. The Hall–Kier alpha value is -3.23. The molecule has 1 amide bonds. The Morgan fingerprint density at radius 1 is 1.03 bits per heavy atom. The number of nitrogens with zero attached hydrogens (tertiary/aromatic N) is 1. The smallest absolute Gasteiger partial charge is 0.258 e. The maximum Gasteiger partial charge on any atom is 0.258 e. The van der Waals surface area contributed by atoms with Crippen LogP contribution >= 0.6 is 0 Å². The molecule has 3 aromatic rings. The highest BCUT2D eigenvalue weighted by molar-refractivity contribution is 7.89. The quantitative estimate of drug-likeness (QED) is 0.549. The third kappa shape index (κ3) is 6.13. The van der Waals surface area contributed by atoms with E-state index in [1.807, 2.05) is 36.4 Å². The Kier molecular flexibility index (Phi) is 7.16. The number of benzene rings is 2. The largest absolute Gasteiger partial charge is 0.484 e. The van der Waals surface area contributed by atoms with E-state index in [9.17, 15) is 13.2 Å². The number of hydrogen-bond acceptors (Lipinski definition) is 5. The average molecular weight is 426 g/mol. The van der Waals surface area contributed by atoms with Gasteiger partial charge in [-0.25, -0.2) is 13.1 Å². The molecule has 0 saturated heterocycles. The van der Waals surface area contributed by atoms with Crippen molar-refractivity contribution in [1.82, 2.24) is 15.0 Å². The summed E-state index contributed by atoms with van der Waals surface area (Å²) in [7, 11) is -3.69. The van der Waals surface area contributed by atoms with E-state index in [4.69, 9.17) is 4.74 Å². The normalized spacial score (nSPS) is 12.2. The van der Waals surface area contributed by atoms with Crippen molar-refractivity contribution in [2.75, 3.05) is 6.61 Å². The highest BCUT2D eigenvalue weighted by Crippen LogP contribution is 2.19. The van der Waals surface area contributed by atoms with E-state index in [0.29, 0.717) is 12.3 Å². The molecule has 2 N–H and O–H groups in total. The van der Waals surface area contributed by atoms with Gasteiger partial charge >= 0.3 is 0 Å². The van der Waals surface area contributed by atoms with Crippen LogP contribution in [0.5, 0.6) is 5.75 Å². The fraction of sp³-hybridized carbons (Fsp3) is 0.182. The lowest BCUT2D eigenvalue weighted by Crippen LogP contribution is -2.28. The van der Waals surface area contributed by atoms with Crippen molar-refractivity contribution in [2.24, 2.45) is 0 Å². The van der Waals surface area contributed by atoms with Gasteiger partial charge in [0.25, 0.3) is 5.91 Å². The molecule has 0 unspecified atom stereocenters. The van der Waals surface area contributed by atoms with Crippen molar-refractivity contribution in [3.8, 4) is 5.75 Å². The fourth-order valence-corrected chi connectivity index (χ4v) is 3.96. The first-order chi connectivity index (χ1) is 14.4. The number of nitrogens with one attached hydrogen (secondary N) is 2. The van der Waals surface area contributed by atoms with E-state index in [-0.39, 0.29) is 23.5 Å². The van der Waals surface area contributed by atoms with Gasteiger partial charge in [-0.2, -0.15) is 0 Å². The molecule has 0 fully saturated rings. The number of ether oxygens (including phenoxy) is 1. The maximum atomic E-state index is 12.6. The molecule has 0 aliphatic heterocycles. The molecule has 0 bridgehead atoms. The van der Waals surface area contributed by atoms with E-state index < -0.39 is 10.0 Å². The van der Waals surface area contributed by atoms with E-state index in [0.717, 1.165) is 11.1 Å². The van der Waals surface area contributed by atoms with Gasteiger partial charge in [0.1, 0.15) is 5.75 Å². The molecule has 30 heavy (non-hydrogen) atoms. The summed E-state index contributed by atoms with van der Waals surface area (Å²) in [4.78, 5) is 16.0. The molecule has 1 atom stereocenters. The van der Waals surface area contributed by atoms with Gasteiger partial charge in [0, 0.05) is 25.0 Å². The summed E-state index contributed by atoms with van der Waals surface area (Å²) >= 11 is 0. The van der Waals surface area contributed by atoms with E-state index in [1.54, 1.807) is 25.4 Å². The molecule has 8 heteroatoms. The predicted molar refractivity (Wildman–Crippen MR) is 113 cm³/mol. The van der Waals surface area contributed by atoms with Gasteiger partial charge in [-0.1, -0.05) is 36.4 Å². The number of amides is 1. The standard InChI is InChI=1S/C22H23N3O4S/c1-17(19-7-3-2-4-8-19)25-30(27,28)21-11-9-20(10-12-21)29-16-22(26)24-15-18-6-5-13-23-14-18/h2-14,17,25H,15-16H2,1H3,(H,24,26)/t17-/m1/s1. The molecular weight excluding hydrogens is 402 g/mol. The summed E-state index contributed by atoms with van der Waals surface area (Å²) in [5.74, 6) is 0.121. The first-order valence-electron chi connectivity index (χ1n) is 9.40. The molecule has 3 rings (SSSR count). The van der Waals surface area contributed by atoms with Crippen molar-refractivity contribution < 1.29 is 17.9 Å². The van der Waals surface area contributed by atoms with E-state index in [1.165, 1.54) is 24.3 Å². The SMILES string of the molecule is C[C@@H](NS(=O)(=O)c1ccc(OCC(=O)NCc2cccnc2)cc1)c1ccccc1. The number of hydrogen-bond donors (Lipinski definition) is 2. The molecule has 1 heterocycles. The Morgan fingerprint density at radius 3 is 2.43 bits per heavy atom. The molecule has 1 aromatic heterocycles. The van der Waals surface area contributed by atoms with Crippen LogP contribution in [0.3, 0.4) is 0 Å². The zero-order valence-corrected chi connectivity index (χ0v) is 17.3. The van der Waals surface area contributed by atoms with Crippen molar-refractivity contribution in [2.45, 2.75) is 24.4 Å². The first-order valence-corrected chi connectivity index (χ1v) is 10.9. The second kappa shape index (κ2) is 10.00. The van der Waals surface area contributed by atoms with Crippen LogP contribution in [0.15, 0.2) is 84.0 Å². The average Bonchev–Trinajstić information content (AvgIpc) is 2.77. The van der Waals surface area contributed by atoms with Crippen molar-refractivity contribution in [3.63, 3.8) is 0 Å². The van der Waals surface area contributed by atoms with Crippen LogP contribution in [0.1, 0.15) is 24.1 Å². The van der Waals surface area contributed by atoms with Crippen LogP contribution in [0.25, 0.3) is 0 Å². The minimum absolute atomic E-state index is 0.124. The number of sulfonamides is 1. The lowest BCUT2D eigenvalue weighted by molar-refractivity contribution is -0.123. The molecule has 0 saturated carbocycles. The molecule has 0 aliphatic carbocycles. The minimum atomic E-state index is -3.69. The zero-order chi connectivity index (χ0) is 21.4. The van der Waals surface area contributed by atoms with Crippen LogP contribution in [-0.4, -0.2) is 25.9 Å². The summed E-state index contributed by atoms with van der Waals surface area (Å²) in [5, 5.41) is 2.73. The summed E-state index contributed by atoms with van der Waals surface area (Å²) in [6, 6.07) is 18.6. The maximum absolute atomic E-state index is 12.6. The molecule has 156 valence electrons. The van der Waals surface area contributed by atoms with Gasteiger partial charge in [-0.3, -0.25) is 9.78 Å². The molecule has 0 spiro atoms. The van der Waals surface area contributed by atoms with Gasteiger partial charge in [0.2, 0.25) is 10.0 Å². The third-order valence-electron chi connectivity index (χ3n) is 4.35. The molecule has 2 aromatic carbocycles. The molecule has 7 nitrogen and oxygen atoms in total. The van der Waals surface area contributed by atoms with E-state index in [2.05, 4.69) is 15.0 Å². The summed E-state index contributed by atoms with van der Waals surface area (Å²) in [5.41, 5.74) is 1.76. The number of rotatable bonds is 9. The molecular formula is C22H23N3O4S. The predicted octanol–water partition coefficient (Wildman–Crippen LogP) is 2.82. The Balaban J connectivity index is 1.52. The number of aromatic nitrogens is 1. The summed E-state index contributed by atoms with van der Waals surface area (Å²) in [6.45, 7) is 1.97. The highest BCUT2D eigenvalue weighted by atomic mass is 32.2. The second-order valence-electron chi connectivity index (χ2n) is 6.65. The molecule has 0 aliphatic rings. The second-order valence-corrected chi connectivity index (χ2v) is 8.37. The number of carbonyl (C=O) groups is 1. The van der Waals surface area contributed by atoms with Crippen LogP contribution in [0.4, 0.5) is 0 Å². The fourth-order valence-electron chi connectivity index (χ4n) is 2.73. The molecule has 0 radical (unpaired) electrons. The highest BCUT2D eigenvalue weighted by Gasteiger charge is 2.18. The van der Waals surface area contributed by atoms with Crippen molar-refractivity contribution >= 4 is 15.9 Å². The van der Waals surface area contributed by atoms with Crippen molar-refractivity contribution in [1.29, 1.82) is 0 Å². The minimum Gasteiger partial charge on any atom is -0.484 e.